The van der Waals surface area contributed by atoms with Gasteiger partial charge in [0.15, 0.2) is 0 Å². The zero-order chi connectivity index (χ0) is 13.4. The first kappa shape index (κ1) is 15.4. The Morgan fingerprint density at radius 1 is 1.33 bits per heavy atom. The highest BCUT2D eigenvalue weighted by Gasteiger charge is 2.02. The summed E-state index contributed by atoms with van der Waals surface area (Å²) in [7, 11) is 0. The largest absolute Gasteiger partial charge is 0.355 e. The Hall–Kier alpha value is -0.670. The van der Waals surface area contributed by atoms with Gasteiger partial charge in [-0.25, -0.2) is 0 Å². The molecule has 0 heterocycles. The number of hydrogen-bond acceptors (Lipinski definition) is 2. The summed E-state index contributed by atoms with van der Waals surface area (Å²) in [5.41, 5.74) is 0. The number of hydrogen-bond donors (Lipinski definition) is 1. The Balaban J connectivity index is 2.15. The number of amides is 1. The van der Waals surface area contributed by atoms with E-state index in [1.807, 2.05) is 24.3 Å². The molecule has 1 aromatic carbocycles. The first-order chi connectivity index (χ1) is 8.58. The Morgan fingerprint density at radius 3 is 2.61 bits per heavy atom. The molecule has 0 aromatic heterocycles. The van der Waals surface area contributed by atoms with Crippen molar-refractivity contribution in [1.82, 2.24) is 5.32 Å². The van der Waals surface area contributed by atoms with Gasteiger partial charge in [-0.15, -0.1) is 11.8 Å². The average molecular weight is 286 g/mol. The molecule has 0 saturated carbocycles. The molecule has 1 amide bonds. The molecule has 1 N–H and O–H groups in total. The highest BCUT2D eigenvalue weighted by Crippen LogP contribution is 2.19. The molecule has 0 bridgehead atoms. The van der Waals surface area contributed by atoms with Gasteiger partial charge in [0.05, 0.1) is 5.75 Å². The van der Waals surface area contributed by atoms with Crippen LogP contribution in [-0.2, 0) is 4.79 Å². The van der Waals surface area contributed by atoms with E-state index in [4.69, 9.17) is 11.6 Å². The summed E-state index contributed by atoms with van der Waals surface area (Å²) in [4.78, 5) is 12.6. The summed E-state index contributed by atoms with van der Waals surface area (Å²) in [6, 6.07) is 7.53. The van der Waals surface area contributed by atoms with Gasteiger partial charge in [0.2, 0.25) is 5.91 Å². The lowest BCUT2D eigenvalue weighted by atomic mass is 10.1. The molecule has 0 radical (unpaired) electrons. The van der Waals surface area contributed by atoms with Crippen molar-refractivity contribution in [2.24, 2.45) is 5.92 Å². The number of carbonyl (C=O) groups is 1. The molecule has 0 unspecified atom stereocenters. The van der Waals surface area contributed by atoms with Gasteiger partial charge >= 0.3 is 0 Å². The van der Waals surface area contributed by atoms with Gasteiger partial charge in [0.1, 0.15) is 0 Å². The summed E-state index contributed by atoms with van der Waals surface area (Å²) in [5.74, 6) is 1.26. The first-order valence-corrected chi connectivity index (χ1v) is 7.59. The zero-order valence-corrected chi connectivity index (χ0v) is 12.5. The fourth-order valence-corrected chi connectivity index (χ4v) is 2.32. The summed E-state index contributed by atoms with van der Waals surface area (Å²) < 4.78 is 0. The number of rotatable bonds is 7. The van der Waals surface area contributed by atoms with Gasteiger partial charge in [0, 0.05) is 16.5 Å². The smallest absolute Gasteiger partial charge is 0.230 e. The topological polar surface area (TPSA) is 29.1 Å². The summed E-state index contributed by atoms with van der Waals surface area (Å²) >= 11 is 7.33. The van der Waals surface area contributed by atoms with Crippen molar-refractivity contribution in [3.05, 3.63) is 29.3 Å². The van der Waals surface area contributed by atoms with Gasteiger partial charge in [-0.05, 0) is 43.0 Å². The second kappa shape index (κ2) is 8.44. The quantitative estimate of drug-likeness (QED) is 0.606. The summed E-state index contributed by atoms with van der Waals surface area (Å²) in [6.45, 7) is 5.16. The fourth-order valence-electron chi connectivity index (χ4n) is 1.47. The molecule has 0 atom stereocenters. The minimum Gasteiger partial charge on any atom is -0.355 e. The minimum absolute atomic E-state index is 0.0960. The third kappa shape index (κ3) is 6.92. The maximum Gasteiger partial charge on any atom is 0.230 e. The molecular formula is C14H20ClNOS. The predicted molar refractivity (Wildman–Crippen MR) is 79.3 cm³/mol. The highest BCUT2D eigenvalue weighted by atomic mass is 35.5. The molecule has 0 fully saturated rings. The molecule has 18 heavy (non-hydrogen) atoms. The van der Waals surface area contributed by atoms with E-state index in [0.29, 0.717) is 11.7 Å². The van der Waals surface area contributed by atoms with Gasteiger partial charge < -0.3 is 5.32 Å². The SMILES string of the molecule is CC(C)CCCNC(=O)CSc1ccc(Cl)cc1. The van der Waals surface area contributed by atoms with E-state index in [0.717, 1.165) is 29.3 Å². The Kier molecular flexibility index (Phi) is 7.21. The van der Waals surface area contributed by atoms with Gasteiger partial charge in [-0.2, -0.15) is 0 Å². The van der Waals surface area contributed by atoms with Crippen LogP contribution in [0.15, 0.2) is 29.2 Å². The lowest BCUT2D eigenvalue weighted by Crippen LogP contribution is -2.26. The molecule has 1 rings (SSSR count). The maximum absolute atomic E-state index is 11.6. The monoisotopic (exact) mass is 285 g/mol. The van der Waals surface area contributed by atoms with Crippen molar-refractivity contribution >= 4 is 29.3 Å². The number of halogens is 1. The standard InChI is InChI=1S/C14H20ClNOS/c1-11(2)4-3-9-16-14(17)10-18-13-7-5-12(15)6-8-13/h5-8,11H,3-4,9-10H2,1-2H3,(H,16,17). The van der Waals surface area contributed by atoms with Crippen LogP contribution in [0.3, 0.4) is 0 Å². The molecule has 2 nitrogen and oxygen atoms in total. The van der Waals surface area contributed by atoms with Crippen molar-refractivity contribution in [1.29, 1.82) is 0 Å². The van der Waals surface area contributed by atoms with Crippen molar-refractivity contribution in [2.45, 2.75) is 31.6 Å². The Bertz CT molecular complexity index is 365. The number of benzene rings is 1. The zero-order valence-electron chi connectivity index (χ0n) is 10.9. The van der Waals surface area contributed by atoms with Crippen LogP contribution >= 0.6 is 23.4 Å². The van der Waals surface area contributed by atoms with Gasteiger partial charge in [-0.3, -0.25) is 4.79 Å². The average Bonchev–Trinajstić information content (AvgIpc) is 2.34. The van der Waals surface area contributed by atoms with Crippen LogP contribution in [0.5, 0.6) is 0 Å². The second-order valence-electron chi connectivity index (χ2n) is 4.63. The lowest BCUT2D eigenvalue weighted by Gasteiger charge is -2.06. The number of thioether (sulfide) groups is 1. The molecule has 0 aliphatic carbocycles. The molecule has 4 heteroatoms. The van der Waals surface area contributed by atoms with Crippen LogP contribution in [0.2, 0.25) is 5.02 Å². The van der Waals surface area contributed by atoms with Crippen LogP contribution in [0.25, 0.3) is 0 Å². The highest BCUT2D eigenvalue weighted by molar-refractivity contribution is 8.00. The molecule has 0 aliphatic heterocycles. The summed E-state index contributed by atoms with van der Waals surface area (Å²) in [5, 5.41) is 3.65. The lowest BCUT2D eigenvalue weighted by molar-refractivity contribution is -0.118. The molecule has 1 aromatic rings. The van der Waals surface area contributed by atoms with E-state index in [-0.39, 0.29) is 5.91 Å². The molecule has 0 aliphatic rings. The molecular weight excluding hydrogens is 266 g/mol. The van der Waals surface area contributed by atoms with Crippen LogP contribution in [0.1, 0.15) is 26.7 Å². The normalized spacial score (nSPS) is 10.7. The molecule has 100 valence electrons. The van der Waals surface area contributed by atoms with E-state index < -0.39 is 0 Å². The molecule has 0 saturated heterocycles. The third-order valence-electron chi connectivity index (χ3n) is 2.46. The van der Waals surface area contributed by atoms with Crippen LogP contribution in [-0.4, -0.2) is 18.2 Å². The van der Waals surface area contributed by atoms with Gasteiger partial charge in [-0.1, -0.05) is 25.4 Å². The van der Waals surface area contributed by atoms with E-state index in [1.165, 1.54) is 11.8 Å². The number of nitrogens with one attached hydrogen (secondary N) is 1. The minimum atomic E-state index is 0.0960. The van der Waals surface area contributed by atoms with Crippen molar-refractivity contribution in [3.8, 4) is 0 Å². The first-order valence-electron chi connectivity index (χ1n) is 6.23. The second-order valence-corrected chi connectivity index (χ2v) is 6.11. The molecule has 0 spiro atoms. The van der Waals surface area contributed by atoms with Crippen LogP contribution < -0.4 is 5.32 Å². The fraction of sp³-hybridized carbons (Fsp3) is 0.500. The Morgan fingerprint density at radius 2 is 2.00 bits per heavy atom. The maximum atomic E-state index is 11.6. The van der Waals surface area contributed by atoms with Gasteiger partial charge in [0.25, 0.3) is 0 Å². The van der Waals surface area contributed by atoms with E-state index in [9.17, 15) is 4.79 Å². The van der Waals surface area contributed by atoms with Crippen molar-refractivity contribution in [2.75, 3.05) is 12.3 Å². The van der Waals surface area contributed by atoms with Crippen LogP contribution in [0.4, 0.5) is 0 Å². The third-order valence-corrected chi connectivity index (χ3v) is 3.73. The predicted octanol–water partition coefficient (Wildman–Crippen LogP) is 3.98. The van der Waals surface area contributed by atoms with E-state index >= 15 is 0 Å². The van der Waals surface area contributed by atoms with E-state index in [1.54, 1.807) is 0 Å². The Labute approximate surface area is 118 Å². The summed E-state index contributed by atoms with van der Waals surface area (Å²) in [6.07, 6.45) is 2.21. The number of carbonyl (C=O) groups excluding carboxylic acids is 1. The van der Waals surface area contributed by atoms with E-state index in [2.05, 4.69) is 19.2 Å². The van der Waals surface area contributed by atoms with Crippen molar-refractivity contribution < 1.29 is 4.79 Å². The van der Waals surface area contributed by atoms with Crippen LogP contribution in [0, 0.1) is 5.92 Å². The van der Waals surface area contributed by atoms with Crippen molar-refractivity contribution in [3.63, 3.8) is 0 Å².